The van der Waals surface area contributed by atoms with Crippen LogP contribution in [0.15, 0.2) is 54.6 Å². The van der Waals surface area contributed by atoms with Crippen LogP contribution < -0.4 is 5.32 Å². The molecule has 0 unspecified atom stereocenters. The minimum Gasteiger partial charge on any atom is -0.326 e. The van der Waals surface area contributed by atoms with E-state index < -0.39 is 5.41 Å². The van der Waals surface area contributed by atoms with Gasteiger partial charge in [0.05, 0.1) is 0 Å². The Morgan fingerprint density at radius 3 is 2.09 bits per heavy atom. The molecule has 2 aromatic rings. The molecule has 0 aliphatic heterocycles. The first-order valence-corrected chi connectivity index (χ1v) is 7.35. The van der Waals surface area contributed by atoms with E-state index in [0.29, 0.717) is 17.7 Å². The average Bonchev–Trinajstić information content (AvgIpc) is 2.48. The van der Waals surface area contributed by atoms with E-state index in [4.69, 9.17) is 0 Å². The summed E-state index contributed by atoms with van der Waals surface area (Å²) >= 11 is 0. The van der Waals surface area contributed by atoms with Gasteiger partial charge in [0.15, 0.2) is 5.78 Å². The predicted molar refractivity (Wildman–Crippen MR) is 89.0 cm³/mol. The Kier molecular flexibility index (Phi) is 4.76. The lowest BCUT2D eigenvalue weighted by molar-refractivity contribution is -0.123. The zero-order chi connectivity index (χ0) is 16.2. The normalized spacial score (nSPS) is 11.0. The monoisotopic (exact) mass is 295 g/mol. The maximum absolute atomic E-state index is 12.5. The molecule has 0 atom stereocenters. The summed E-state index contributed by atoms with van der Waals surface area (Å²) in [5.74, 6) is -0.0192. The van der Waals surface area contributed by atoms with Crippen LogP contribution in [0.4, 0.5) is 5.69 Å². The minimum absolute atomic E-state index is 0.0160. The molecule has 0 radical (unpaired) electrons. The average molecular weight is 295 g/mol. The van der Waals surface area contributed by atoms with E-state index in [1.807, 2.05) is 44.2 Å². The van der Waals surface area contributed by atoms with Gasteiger partial charge in [0.1, 0.15) is 0 Å². The molecule has 114 valence electrons. The molecule has 0 spiro atoms. The summed E-state index contributed by atoms with van der Waals surface area (Å²) in [6, 6.07) is 16.9. The van der Waals surface area contributed by atoms with Gasteiger partial charge in [-0.1, -0.05) is 44.2 Å². The third-order valence-electron chi connectivity index (χ3n) is 3.65. The van der Waals surface area contributed by atoms with Crippen molar-refractivity contribution in [3.05, 3.63) is 65.7 Å². The maximum Gasteiger partial charge on any atom is 0.230 e. The van der Waals surface area contributed by atoms with Crippen LogP contribution in [-0.4, -0.2) is 11.7 Å². The van der Waals surface area contributed by atoms with E-state index in [-0.39, 0.29) is 11.7 Å². The standard InChI is InChI=1S/C19H21NO2/c1-14(21)16-9-11-17(12-10-16)20-18(22)19(2,3)13-15-7-5-4-6-8-15/h4-12H,13H2,1-3H3,(H,20,22). The van der Waals surface area contributed by atoms with Crippen LogP contribution >= 0.6 is 0 Å². The van der Waals surface area contributed by atoms with Crippen molar-refractivity contribution in [2.45, 2.75) is 27.2 Å². The predicted octanol–water partition coefficient (Wildman–Crippen LogP) is 4.10. The summed E-state index contributed by atoms with van der Waals surface area (Å²) < 4.78 is 0. The molecule has 0 saturated heterocycles. The number of amides is 1. The molecule has 0 fully saturated rings. The summed E-state index contributed by atoms with van der Waals surface area (Å²) in [5.41, 5.74) is 1.97. The van der Waals surface area contributed by atoms with E-state index >= 15 is 0 Å². The van der Waals surface area contributed by atoms with E-state index in [2.05, 4.69) is 5.32 Å². The van der Waals surface area contributed by atoms with Crippen LogP contribution in [-0.2, 0) is 11.2 Å². The molecule has 1 amide bonds. The van der Waals surface area contributed by atoms with Crippen molar-refractivity contribution in [1.82, 2.24) is 0 Å². The van der Waals surface area contributed by atoms with Gasteiger partial charge < -0.3 is 5.32 Å². The van der Waals surface area contributed by atoms with Gasteiger partial charge in [-0.2, -0.15) is 0 Å². The van der Waals surface area contributed by atoms with Gasteiger partial charge in [0, 0.05) is 16.7 Å². The van der Waals surface area contributed by atoms with E-state index in [1.165, 1.54) is 6.92 Å². The molecule has 0 aliphatic rings. The van der Waals surface area contributed by atoms with Crippen LogP contribution in [0, 0.1) is 5.41 Å². The van der Waals surface area contributed by atoms with E-state index in [0.717, 1.165) is 5.56 Å². The van der Waals surface area contributed by atoms with Crippen molar-refractivity contribution in [3.8, 4) is 0 Å². The summed E-state index contributed by atoms with van der Waals surface area (Å²) in [7, 11) is 0. The van der Waals surface area contributed by atoms with Crippen molar-refractivity contribution >= 4 is 17.4 Å². The Morgan fingerprint density at radius 1 is 0.955 bits per heavy atom. The van der Waals surface area contributed by atoms with Crippen LogP contribution in [0.1, 0.15) is 36.7 Å². The van der Waals surface area contributed by atoms with Crippen LogP contribution in [0.5, 0.6) is 0 Å². The SMILES string of the molecule is CC(=O)c1ccc(NC(=O)C(C)(C)Cc2ccccc2)cc1. The van der Waals surface area contributed by atoms with Crippen molar-refractivity contribution in [3.63, 3.8) is 0 Å². The van der Waals surface area contributed by atoms with Gasteiger partial charge in [0.2, 0.25) is 5.91 Å². The molecule has 2 rings (SSSR count). The Hall–Kier alpha value is -2.42. The lowest BCUT2D eigenvalue weighted by atomic mass is 9.84. The van der Waals surface area contributed by atoms with Crippen LogP contribution in [0.25, 0.3) is 0 Å². The largest absolute Gasteiger partial charge is 0.326 e. The second-order valence-corrected chi connectivity index (χ2v) is 6.13. The summed E-state index contributed by atoms with van der Waals surface area (Å²) in [6.45, 7) is 5.38. The quantitative estimate of drug-likeness (QED) is 0.844. The van der Waals surface area contributed by atoms with Gasteiger partial charge >= 0.3 is 0 Å². The van der Waals surface area contributed by atoms with Crippen molar-refractivity contribution in [2.24, 2.45) is 5.41 Å². The zero-order valence-corrected chi connectivity index (χ0v) is 13.2. The first-order chi connectivity index (χ1) is 10.4. The van der Waals surface area contributed by atoms with Gasteiger partial charge in [-0.15, -0.1) is 0 Å². The highest BCUT2D eigenvalue weighted by molar-refractivity contribution is 5.97. The van der Waals surface area contributed by atoms with Gasteiger partial charge in [-0.05, 0) is 43.2 Å². The third kappa shape index (κ3) is 4.04. The molecule has 0 bridgehead atoms. The molecule has 0 aliphatic carbocycles. The molecule has 0 saturated carbocycles. The number of nitrogens with one attached hydrogen (secondary N) is 1. The lowest BCUT2D eigenvalue weighted by Gasteiger charge is -2.23. The fourth-order valence-corrected chi connectivity index (χ4v) is 2.28. The number of hydrogen-bond donors (Lipinski definition) is 1. The molecule has 2 aromatic carbocycles. The molecule has 0 aromatic heterocycles. The summed E-state index contributed by atoms with van der Waals surface area (Å²) in [4.78, 5) is 23.7. The highest BCUT2D eigenvalue weighted by Crippen LogP contribution is 2.24. The smallest absolute Gasteiger partial charge is 0.230 e. The number of carbonyl (C=O) groups is 2. The number of Topliss-reactive ketones (excluding diaryl/α,β-unsaturated/α-hetero) is 1. The molecule has 1 N–H and O–H groups in total. The number of benzene rings is 2. The Morgan fingerprint density at radius 2 is 1.55 bits per heavy atom. The van der Waals surface area contributed by atoms with Crippen LogP contribution in [0.3, 0.4) is 0 Å². The maximum atomic E-state index is 12.5. The number of rotatable bonds is 5. The van der Waals surface area contributed by atoms with E-state index in [9.17, 15) is 9.59 Å². The third-order valence-corrected chi connectivity index (χ3v) is 3.65. The first-order valence-electron chi connectivity index (χ1n) is 7.35. The molecular weight excluding hydrogens is 274 g/mol. The summed E-state index contributed by atoms with van der Waals surface area (Å²) in [6.07, 6.45) is 0.672. The van der Waals surface area contributed by atoms with Crippen LogP contribution in [0.2, 0.25) is 0 Å². The van der Waals surface area contributed by atoms with Crippen molar-refractivity contribution in [2.75, 3.05) is 5.32 Å². The molecule has 0 heterocycles. The molecular formula is C19H21NO2. The fraction of sp³-hybridized carbons (Fsp3) is 0.263. The fourth-order valence-electron chi connectivity index (χ4n) is 2.28. The number of ketones is 1. The zero-order valence-electron chi connectivity index (χ0n) is 13.2. The van der Waals surface area contributed by atoms with E-state index in [1.54, 1.807) is 24.3 Å². The molecule has 3 nitrogen and oxygen atoms in total. The van der Waals surface area contributed by atoms with Gasteiger partial charge in [-0.25, -0.2) is 0 Å². The highest BCUT2D eigenvalue weighted by Gasteiger charge is 2.27. The Bertz CT molecular complexity index is 658. The lowest BCUT2D eigenvalue weighted by Crippen LogP contribution is -2.32. The first kappa shape index (κ1) is 16.0. The van der Waals surface area contributed by atoms with Gasteiger partial charge in [0.25, 0.3) is 0 Å². The number of anilines is 1. The van der Waals surface area contributed by atoms with Crippen molar-refractivity contribution in [1.29, 1.82) is 0 Å². The number of carbonyl (C=O) groups excluding carboxylic acids is 2. The second-order valence-electron chi connectivity index (χ2n) is 6.13. The topological polar surface area (TPSA) is 46.2 Å². The Labute approximate surface area is 131 Å². The second kappa shape index (κ2) is 6.56. The highest BCUT2D eigenvalue weighted by atomic mass is 16.2. The molecule has 3 heteroatoms. The summed E-state index contributed by atoms with van der Waals surface area (Å²) in [5, 5.41) is 2.92. The van der Waals surface area contributed by atoms with Crippen molar-refractivity contribution < 1.29 is 9.59 Å². The minimum atomic E-state index is -0.513. The van der Waals surface area contributed by atoms with Gasteiger partial charge in [-0.3, -0.25) is 9.59 Å². The molecule has 22 heavy (non-hydrogen) atoms. The number of hydrogen-bond acceptors (Lipinski definition) is 2. The Balaban J connectivity index is 2.05.